The van der Waals surface area contributed by atoms with Crippen molar-refractivity contribution in [2.24, 2.45) is 0 Å². The SMILES string of the molecule is O=S(=O)(NCCc1ccc2c(c1)OCO2)N1CCOCC1. The van der Waals surface area contributed by atoms with Gasteiger partial charge < -0.3 is 14.2 Å². The van der Waals surface area contributed by atoms with Crippen molar-refractivity contribution in [1.29, 1.82) is 0 Å². The minimum Gasteiger partial charge on any atom is -0.454 e. The molecule has 0 aromatic heterocycles. The molecule has 8 heteroatoms. The number of benzene rings is 1. The third-order valence-electron chi connectivity index (χ3n) is 3.45. The number of hydrogen-bond acceptors (Lipinski definition) is 5. The Morgan fingerprint density at radius 2 is 1.90 bits per heavy atom. The van der Waals surface area contributed by atoms with E-state index in [1.54, 1.807) is 0 Å². The molecular weight excluding hydrogens is 296 g/mol. The van der Waals surface area contributed by atoms with Crippen molar-refractivity contribution in [1.82, 2.24) is 9.03 Å². The van der Waals surface area contributed by atoms with Gasteiger partial charge in [0, 0.05) is 19.6 Å². The molecule has 1 aromatic rings. The van der Waals surface area contributed by atoms with Gasteiger partial charge in [0.1, 0.15) is 0 Å². The fourth-order valence-electron chi connectivity index (χ4n) is 2.30. The number of morpholine rings is 1. The molecule has 2 aliphatic rings. The van der Waals surface area contributed by atoms with Crippen LogP contribution in [0.1, 0.15) is 5.56 Å². The maximum Gasteiger partial charge on any atom is 0.279 e. The molecule has 0 bridgehead atoms. The van der Waals surface area contributed by atoms with Gasteiger partial charge in [0.15, 0.2) is 11.5 Å². The van der Waals surface area contributed by atoms with Gasteiger partial charge in [0.25, 0.3) is 10.2 Å². The second-order valence-electron chi connectivity index (χ2n) is 4.85. The number of ether oxygens (including phenoxy) is 3. The van der Waals surface area contributed by atoms with E-state index in [-0.39, 0.29) is 6.79 Å². The van der Waals surface area contributed by atoms with Gasteiger partial charge in [0.2, 0.25) is 6.79 Å². The van der Waals surface area contributed by atoms with Gasteiger partial charge in [-0.25, -0.2) is 4.72 Å². The monoisotopic (exact) mass is 314 g/mol. The molecule has 2 heterocycles. The quantitative estimate of drug-likeness (QED) is 0.835. The molecule has 0 saturated carbocycles. The molecule has 7 nitrogen and oxygen atoms in total. The molecule has 116 valence electrons. The highest BCUT2D eigenvalue weighted by Crippen LogP contribution is 2.32. The van der Waals surface area contributed by atoms with Crippen LogP contribution in [-0.2, 0) is 21.4 Å². The summed E-state index contributed by atoms with van der Waals surface area (Å²) in [5.41, 5.74) is 1.00. The fraction of sp³-hybridized carbons (Fsp3) is 0.538. The summed E-state index contributed by atoms with van der Waals surface area (Å²) in [4.78, 5) is 0. The summed E-state index contributed by atoms with van der Waals surface area (Å²) in [6.45, 7) is 2.28. The van der Waals surface area contributed by atoms with Crippen molar-refractivity contribution in [3.8, 4) is 11.5 Å². The summed E-state index contributed by atoms with van der Waals surface area (Å²) < 4.78 is 43.9. The summed E-state index contributed by atoms with van der Waals surface area (Å²) in [5.74, 6) is 1.44. The summed E-state index contributed by atoms with van der Waals surface area (Å²) in [6, 6.07) is 5.63. The van der Waals surface area contributed by atoms with Crippen LogP contribution in [0.5, 0.6) is 11.5 Å². The average Bonchev–Trinajstić information content (AvgIpc) is 2.95. The molecule has 0 amide bonds. The summed E-state index contributed by atoms with van der Waals surface area (Å²) in [5, 5.41) is 0. The first-order chi connectivity index (χ1) is 10.1. The molecule has 0 atom stereocenters. The van der Waals surface area contributed by atoms with Crippen molar-refractivity contribution in [2.45, 2.75) is 6.42 Å². The molecule has 0 unspecified atom stereocenters. The topological polar surface area (TPSA) is 77.1 Å². The van der Waals surface area contributed by atoms with Gasteiger partial charge in [-0.2, -0.15) is 12.7 Å². The average molecular weight is 314 g/mol. The number of nitrogens with one attached hydrogen (secondary N) is 1. The fourth-order valence-corrected chi connectivity index (χ4v) is 3.47. The number of rotatable bonds is 5. The molecule has 1 saturated heterocycles. The Bertz CT molecular complexity index is 599. The van der Waals surface area contributed by atoms with Crippen LogP contribution < -0.4 is 14.2 Å². The van der Waals surface area contributed by atoms with Gasteiger partial charge in [-0.3, -0.25) is 0 Å². The van der Waals surface area contributed by atoms with Gasteiger partial charge in [0.05, 0.1) is 13.2 Å². The summed E-state index contributed by atoms with van der Waals surface area (Å²) in [6.07, 6.45) is 0.597. The van der Waals surface area contributed by atoms with Gasteiger partial charge in [-0.1, -0.05) is 6.07 Å². The van der Waals surface area contributed by atoms with E-state index in [9.17, 15) is 8.42 Å². The smallest absolute Gasteiger partial charge is 0.279 e. The van der Waals surface area contributed by atoms with Crippen molar-refractivity contribution in [2.75, 3.05) is 39.6 Å². The molecule has 3 rings (SSSR count). The minimum atomic E-state index is -3.42. The van der Waals surface area contributed by atoms with E-state index < -0.39 is 10.2 Å². The highest BCUT2D eigenvalue weighted by atomic mass is 32.2. The Morgan fingerprint density at radius 1 is 1.14 bits per heavy atom. The molecular formula is C13H18N2O5S. The third-order valence-corrected chi connectivity index (χ3v) is 5.06. The normalized spacial score (nSPS) is 18.9. The van der Waals surface area contributed by atoms with E-state index in [2.05, 4.69) is 4.72 Å². The van der Waals surface area contributed by atoms with Crippen LogP contribution in [0.4, 0.5) is 0 Å². The maximum atomic E-state index is 12.1. The lowest BCUT2D eigenvalue weighted by Crippen LogP contribution is -2.47. The van der Waals surface area contributed by atoms with E-state index in [0.717, 1.165) is 11.3 Å². The van der Waals surface area contributed by atoms with E-state index in [0.29, 0.717) is 45.0 Å². The molecule has 1 aromatic carbocycles. The standard InChI is InChI=1S/C13H18N2O5S/c16-21(17,15-5-7-18-8-6-15)14-4-3-11-1-2-12-13(9-11)20-10-19-12/h1-2,9,14H,3-8,10H2. The highest BCUT2D eigenvalue weighted by Gasteiger charge is 2.23. The van der Waals surface area contributed by atoms with E-state index in [1.807, 2.05) is 18.2 Å². The lowest BCUT2D eigenvalue weighted by molar-refractivity contribution is 0.0725. The minimum absolute atomic E-state index is 0.239. The molecule has 0 aliphatic carbocycles. The molecule has 2 aliphatic heterocycles. The van der Waals surface area contributed by atoms with Crippen LogP contribution in [0.15, 0.2) is 18.2 Å². The Morgan fingerprint density at radius 3 is 2.71 bits per heavy atom. The lowest BCUT2D eigenvalue weighted by atomic mass is 10.1. The van der Waals surface area contributed by atoms with Crippen LogP contribution >= 0.6 is 0 Å². The first-order valence-electron chi connectivity index (χ1n) is 6.86. The van der Waals surface area contributed by atoms with Crippen molar-refractivity contribution in [3.63, 3.8) is 0 Å². The van der Waals surface area contributed by atoms with Gasteiger partial charge in [-0.15, -0.1) is 0 Å². The first kappa shape index (κ1) is 14.6. The van der Waals surface area contributed by atoms with Gasteiger partial charge >= 0.3 is 0 Å². The lowest BCUT2D eigenvalue weighted by Gasteiger charge is -2.26. The number of hydrogen-bond donors (Lipinski definition) is 1. The Kier molecular flexibility index (Phi) is 4.29. The van der Waals surface area contributed by atoms with Crippen LogP contribution in [0.2, 0.25) is 0 Å². The Labute approximate surface area is 124 Å². The summed E-state index contributed by atoms with van der Waals surface area (Å²) in [7, 11) is -3.42. The Balaban J connectivity index is 1.53. The van der Waals surface area contributed by atoms with E-state index >= 15 is 0 Å². The van der Waals surface area contributed by atoms with E-state index in [1.165, 1.54) is 4.31 Å². The van der Waals surface area contributed by atoms with Crippen molar-refractivity contribution in [3.05, 3.63) is 23.8 Å². The van der Waals surface area contributed by atoms with Crippen LogP contribution in [0, 0.1) is 0 Å². The molecule has 1 fully saturated rings. The maximum absolute atomic E-state index is 12.1. The highest BCUT2D eigenvalue weighted by molar-refractivity contribution is 7.87. The Hall–Kier alpha value is -1.35. The second-order valence-corrected chi connectivity index (χ2v) is 6.60. The largest absolute Gasteiger partial charge is 0.454 e. The second kappa shape index (κ2) is 6.18. The zero-order valence-corrected chi connectivity index (χ0v) is 12.4. The van der Waals surface area contributed by atoms with Crippen molar-refractivity contribution < 1.29 is 22.6 Å². The number of nitrogens with zero attached hydrogens (tertiary/aromatic N) is 1. The predicted octanol–water partition coefficient (Wildman–Crippen LogP) is 0.124. The van der Waals surface area contributed by atoms with Crippen LogP contribution in [0.3, 0.4) is 0 Å². The molecule has 0 spiro atoms. The first-order valence-corrected chi connectivity index (χ1v) is 8.30. The predicted molar refractivity (Wildman–Crippen MR) is 75.6 cm³/mol. The molecule has 0 radical (unpaired) electrons. The zero-order valence-electron chi connectivity index (χ0n) is 11.6. The van der Waals surface area contributed by atoms with Crippen LogP contribution in [-0.4, -0.2) is 52.4 Å². The van der Waals surface area contributed by atoms with Crippen LogP contribution in [0.25, 0.3) is 0 Å². The summed E-state index contributed by atoms with van der Waals surface area (Å²) >= 11 is 0. The molecule has 1 N–H and O–H groups in total. The van der Waals surface area contributed by atoms with E-state index in [4.69, 9.17) is 14.2 Å². The van der Waals surface area contributed by atoms with Gasteiger partial charge in [-0.05, 0) is 24.1 Å². The van der Waals surface area contributed by atoms with Crippen molar-refractivity contribution >= 4 is 10.2 Å². The third kappa shape index (κ3) is 3.46. The number of fused-ring (bicyclic) bond motifs is 1. The zero-order chi connectivity index (χ0) is 14.7. The molecule has 21 heavy (non-hydrogen) atoms.